The Hall–Kier alpha value is -1.04. The monoisotopic (exact) mass is 816 g/mol. The van der Waals surface area contributed by atoms with E-state index in [0.29, 0.717) is 20.6 Å². The predicted molar refractivity (Wildman–Crippen MR) is 206 cm³/mol. The molecule has 0 aliphatic carbocycles. The van der Waals surface area contributed by atoms with Crippen LogP contribution in [0.5, 0.6) is 0 Å². The van der Waals surface area contributed by atoms with E-state index in [0.717, 1.165) is 78.2 Å². The fourth-order valence-electron chi connectivity index (χ4n) is 4.22. The van der Waals surface area contributed by atoms with Gasteiger partial charge in [-0.2, -0.15) is 0 Å². The normalized spacial score (nSPS) is 12.8. The predicted octanol–water partition coefficient (Wildman–Crippen LogP) is 7.25. The van der Waals surface area contributed by atoms with E-state index in [2.05, 4.69) is 39.9 Å². The van der Waals surface area contributed by atoms with Gasteiger partial charge in [-0.3, -0.25) is 4.18 Å². The lowest BCUT2D eigenvalue weighted by molar-refractivity contribution is -0.0591. The standard InChI is InChI=1S/C29H36N8O4S8/c1-15-9-16(2)31-24(30-15)43-42-23(40)28(13-38,14-39)29(47-44-25-32-17(3)10-18(4)33-25,48-45-26-34-19(5)11-20(6)35-26)41-49-46-27-36-21(7)12-22(8)37-27/h9-12,23,38-40H,13-14H2,1-8H3. The average Bonchev–Trinajstić information content (AvgIpc) is 3.00. The molecule has 49 heavy (non-hydrogen) atoms. The lowest BCUT2D eigenvalue weighted by Crippen LogP contribution is -2.55. The van der Waals surface area contributed by atoms with Gasteiger partial charge in [0, 0.05) is 56.3 Å². The van der Waals surface area contributed by atoms with Gasteiger partial charge in [-0.15, -0.1) is 0 Å². The van der Waals surface area contributed by atoms with E-state index in [-0.39, 0.29) is 0 Å². The summed E-state index contributed by atoms with van der Waals surface area (Å²) in [5.74, 6) is 0. The molecule has 0 bridgehead atoms. The molecule has 12 nitrogen and oxygen atoms in total. The Morgan fingerprint density at radius 3 is 1.16 bits per heavy atom. The number of hydrogen-bond acceptors (Lipinski definition) is 20. The molecule has 1 unspecified atom stereocenters. The van der Waals surface area contributed by atoms with Gasteiger partial charge in [0.15, 0.2) is 15.5 Å². The van der Waals surface area contributed by atoms with Crippen molar-refractivity contribution in [2.45, 2.75) is 85.7 Å². The summed E-state index contributed by atoms with van der Waals surface area (Å²) in [6.07, 6.45) is 0. The van der Waals surface area contributed by atoms with Gasteiger partial charge in [0.2, 0.25) is 9.42 Å². The van der Waals surface area contributed by atoms with Crippen molar-refractivity contribution >= 4 is 86.6 Å². The third kappa shape index (κ3) is 11.2. The number of hydrogen-bond donors (Lipinski definition) is 3. The zero-order chi connectivity index (χ0) is 35.8. The SMILES string of the molecule is Cc1cc(C)nc(SSOC(SSc2nc(C)cc(C)n2)(SSc2nc(C)cc(C)n2)C(CO)(CO)C(O)SSc2nc(C)cc(C)n2)n1. The summed E-state index contributed by atoms with van der Waals surface area (Å²) in [6, 6.07) is 7.47. The highest BCUT2D eigenvalue weighted by Gasteiger charge is 2.60. The fraction of sp³-hybridized carbons (Fsp3) is 0.448. The van der Waals surface area contributed by atoms with Gasteiger partial charge in [0.1, 0.15) is 10.9 Å². The number of rotatable bonds is 17. The van der Waals surface area contributed by atoms with Gasteiger partial charge >= 0.3 is 0 Å². The Morgan fingerprint density at radius 1 is 0.531 bits per heavy atom. The van der Waals surface area contributed by atoms with Crippen LogP contribution in [0.2, 0.25) is 0 Å². The molecule has 1 atom stereocenters. The number of nitrogens with zero attached hydrogens (tertiary/aromatic N) is 8. The molecule has 3 N–H and O–H groups in total. The Kier molecular flexibility index (Phi) is 15.5. The first-order valence-electron chi connectivity index (χ1n) is 14.5. The minimum Gasteiger partial charge on any atom is -0.395 e. The molecule has 4 rings (SSSR count). The molecule has 0 saturated heterocycles. The van der Waals surface area contributed by atoms with Crippen molar-refractivity contribution in [2.24, 2.45) is 5.41 Å². The van der Waals surface area contributed by atoms with Crippen LogP contribution in [0.4, 0.5) is 0 Å². The molecule has 0 aliphatic rings. The zero-order valence-electron chi connectivity index (χ0n) is 27.9. The Balaban J connectivity index is 1.78. The van der Waals surface area contributed by atoms with Gasteiger partial charge < -0.3 is 15.3 Å². The third-order valence-corrected chi connectivity index (χ3v) is 16.7. The molecule has 0 amide bonds. The Morgan fingerprint density at radius 2 is 0.837 bits per heavy atom. The van der Waals surface area contributed by atoms with Crippen LogP contribution in [-0.4, -0.2) is 78.1 Å². The van der Waals surface area contributed by atoms with E-state index in [9.17, 15) is 15.3 Å². The molecule has 4 heterocycles. The third-order valence-electron chi connectivity index (χ3n) is 6.41. The zero-order valence-corrected chi connectivity index (χ0v) is 34.4. The van der Waals surface area contributed by atoms with Crippen LogP contribution < -0.4 is 0 Å². The van der Waals surface area contributed by atoms with Crippen LogP contribution in [0.15, 0.2) is 44.9 Å². The topological polar surface area (TPSA) is 173 Å². The minimum absolute atomic E-state index is 0.436. The maximum Gasteiger partial charge on any atom is 0.208 e. The molecule has 20 heteroatoms. The summed E-state index contributed by atoms with van der Waals surface area (Å²) in [6.45, 7) is 13.7. The summed E-state index contributed by atoms with van der Waals surface area (Å²) >= 11 is 0.975. The van der Waals surface area contributed by atoms with Gasteiger partial charge in [0.25, 0.3) is 0 Å². The first-order chi connectivity index (χ1) is 23.3. The van der Waals surface area contributed by atoms with Gasteiger partial charge in [-0.25, -0.2) is 39.9 Å². The molecule has 4 aromatic heterocycles. The molecular weight excluding hydrogens is 781 g/mol. The second-order valence-corrected chi connectivity index (χ2v) is 19.7. The van der Waals surface area contributed by atoms with E-state index in [1.165, 1.54) is 54.0 Å². The molecule has 0 aliphatic heterocycles. The van der Waals surface area contributed by atoms with Crippen molar-refractivity contribution in [3.05, 3.63) is 69.8 Å². The summed E-state index contributed by atoms with van der Waals surface area (Å²) in [4.78, 5) is 36.3. The van der Waals surface area contributed by atoms with Crippen LogP contribution in [0.25, 0.3) is 0 Å². The lowest BCUT2D eigenvalue weighted by Gasteiger charge is -2.47. The largest absolute Gasteiger partial charge is 0.395 e. The van der Waals surface area contributed by atoms with Crippen molar-refractivity contribution in [3.63, 3.8) is 0 Å². The second-order valence-electron chi connectivity index (χ2n) is 10.9. The summed E-state index contributed by atoms with van der Waals surface area (Å²) < 4.78 is 5.07. The van der Waals surface area contributed by atoms with E-state index in [1.807, 2.05) is 79.7 Å². The van der Waals surface area contributed by atoms with Crippen molar-refractivity contribution in [2.75, 3.05) is 13.2 Å². The molecular formula is C29H36N8O4S8. The molecule has 264 valence electrons. The minimum atomic E-state index is -1.71. The Bertz CT molecular complexity index is 1600. The highest BCUT2D eigenvalue weighted by atomic mass is 33.1. The summed E-state index contributed by atoms with van der Waals surface area (Å²) in [5, 5.41) is 36.2. The highest BCUT2D eigenvalue weighted by Crippen LogP contribution is 2.65. The number of aliphatic hydroxyl groups is 3. The van der Waals surface area contributed by atoms with E-state index in [4.69, 9.17) is 4.18 Å². The van der Waals surface area contributed by atoms with E-state index >= 15 is 0 Å². The van der Waals surface area contributed by atoms with Crippen LogP contribution in [0.3, 0.4) is 0 Å². The molecule has 0 aromatic carbocycles. The molecule has 0 saturated carbocycles. The average molecular weight is 817 g/mol. The van der Waals surface area contributed by atoms with Crippen molar-refractivity contribution in [3.8, 4) is 0 Å². The molecule has 0 fully saturated rings. The van der Waals surface area contributed by atoms with Gasteiger partial charge in [-0.1, -0.05) is 10.8 Å². The highest BCUT2D eigenvalue weighted by molar-refractivity contribution is 8.86. The summed E-state index contributed by atoms with van der Waals surface area (Å²) in [5.41, 5.74) is 3.15. The molecule has 0 radical (unpaired) electrons. The van der Waals surface area contributed by atoms with Crippen molar-refractivity contribution < 1.29 is 19.5 Å². The second kappa shape index (κ2) is 18.6. The smallest absolute Gasteiger partial charge is 0.208 e. The lowest BCUT2D eigenvalue weighted by atomic mass is 9.91. The van der Waals surface area contributed by atoms with Gasteiger partial charge in [-0.05, 0) is 134 Å². The van der Waals surface area contributed by atoms with Crippen LogP contribution in [0.1, 0.15) is 45.6 Å². The summed E-state index contributed by atoms with van der Waals surface area (Å²) in [7, 11) is 8.09. The van der Waals surface area contributed by atoms with Crippen molar-refractivity contribution in [1.82, 2.24) is 39.9 Å². The number of aryl methyl sites for hydroxylation is 8. The van der Waals surface area contributed by atoms with E-state index in [1.54, 1.807) is 0 Å². The van der Waals surface area contributed by atoms with Crippen LogP contribution in [-0.2, 0) is 4.18 Å². The first-order valence-corrected chi connectivity index (χ1v) is 23.1. The number of aliphatic hydroxyl groups excluding tert-OH is 3. The van der Waals surface area contributed by atoms with Crippen LogP contribution >= 0.6 is 86.6 Å². The maximum absolute atomic E-state index is 12.0. The first kappa shape index (κ1) is 40.7. The molecule has 4 aromatic rings. The van der Waals surface area contributed by atoms with Crippen LogP contribution in [0, 0.1) is 60.8 Å². The Labute approximate surface area is 317 Å². The van der Waals surface area contributed by atoms with E-state index < -0.39 is 28.3 Å². The fourth-order valence-corrected chi connectivity index (χ4v) is 15.6. The molecule has 0 spiro atoms. The maximum atomic E-state index is 12.0. The quantitative estimate of drug-likeness (QED) is 0.0420. The van der Waals surface area contributed by atoms with Crippen molar-refractivity contribution in [1.29, 1.82) is 0 Å². The van der Waals surface area contributed by atoms with Gasteiger partial charge in [0.05, 0.1) is 24.3 Å². The number of aromatic nitrogens is 8.